The van der Waals surface area contributed by atoms with Gasteiger partial charge in [-0.3, -0.25) is 4.79 Å². The zero-order valence-corrected chi connectivity index (χ0v) is 12.1. The van der Waals surface area contributed by atoms with Crippen molar-refractivity contribution in [3.05, 3.63) is 28.8 Å². The molecule has 2 aliphatic rings. The van der Waals surface area contributed by atoms with Crippen LogP contribution in [0.5, 0.6) is 0 Å². The number of aliphatic imine (C=N–C) groups is 1. The maximum Gasteiger partial charge on any atom is 0.267 e. The predicted octanol–water partition coefficient (Wildman–Crippen LogP) is 1.94. The molecular formula is C13H13Cl2N3O2. The highest BCUT2D eigenvalue weighted by Gasteiger charge is 2.29. The van der Waals surface area contributed by atoms with Crippen LogP contribution in [0, 0.1) is 0 Å². The summed E-state index contributed by atoms with van der Waals surface area (Å²) in [6, 6.07) is 5.28. The first-order valence-corrected chi connectivity index (χ1v) is 7.07. The summed E-state index contributed by atoms with van der Waals surface area (Å²) in [5.74, 6) is -0.0907. The number of hydrogen-bond donors (Lipinski definition) is 1. The van der Waals surface area contributed by atoms with Gasteiger partial charge in [-0.1, -0.05) is 23.2 Å². The number of benzene rings is 1. The molecule has 2 heterocycles. The van der Waals surface area contributed by atoms with Crippen LogP contribution >= 0.6 is 23.2 Å². The molecule has 0 radical (unpaired) electrons. The minimum atomic E-state index is -0.686. The van der Waals surface area contributed by atoms with E-state index in [1.807, 2.05) is 0 Å². The summed E-state index contributed by atoms with van der Waals surface area (Å²) < 4.78 is 5.24. The first-order valence-electron chi connectivity index (χ1n) is 6.31. The maximum atomic E-state index is 12.4. The summed E-state index contributed by atoms with van der Waals surface area (Å²) in [5, 5.41) is 3.97. The van der Waals surface area contributed by atoms with Gasteiger partial charge >= 0.3 is 0 Å². The Labute approximate surface area is 126 Å². The number of rotatable bonds is 1. The minimum absolute atomic E-state index is 0.0907. The highest BCUT2D eigenvalue weighted by Crippen LogP contribution is 2.27. The molecule has 0 saturated carbocycles. The van der Waals surface area contributed by atoms with Crippen LogP contribution in [-0.4, -0.2) is 48.4 Å². The number of morpholine rings is 1. The van der Waals surface area contributed by atoms with Gasteiger partial charge in [-0.25, -0.2) is 4.99 Å². The molecule has 2 aliphatic heterocycles. The number of nitrogens with one attached hydrogen (secondary N) is 1. The summed E-state index contributed by atoms with van der Waals surface area (Å²) in [7, 11) is 0. The average Bonchev–Trinajstić information content (AvgIpc) is 2.48. The van der Waals surface area contributed by atoms with Crippen molar-refractivity contribution in [3.8, 4) is 0 Å². The molecule has 0 aromatic heterocycles. The molecule has 1 amide bonds. The molecule has 7 heteroatoms. The Balaban J connectivity index is 1.82. The largest absolute Gasteiger partial charge is 0.378 e. The monoisotopic (exact) mass is 313 g/mol. The van der Waals surface area contributed by atoms with E-state index in [4.69, 9.17) is 27.9 Å². The zero-order valence-electron chi connectivity index (χ0n) is 10.6. The lowest BCUT2D eigenvalue weighted by atomic mass is 10.1. The number of amides is 1. The van der Waals surface area contributed by atoms with Crippen LogP contribution in [0.2, 0.25) is 5.02 Å². The van der Waals surface area contributed by atoms with Gasteiger partial charge in [0, 0.05) is 29.4 Å². The van der Waals surface area contributed by atoms with Crippen LogP contribution in [0.15, 0.2) is 23.2 Å². The Kier molecular flexibility index (Phi) is 3.83. The lowest BCUT2D eigenvalue weighted by Crippen LogP contribution is -2.48. The molecule has 106 valence electrons. The molecule has 1 saturated heterocycles. The van der Waals surface area contributed by atoms with Crippen molar-refractivity contribution in [2.24, 2.45) is 4.99 Å². The van der Waals surface area contributed by atoms with Crippen molar-refractivity contribution in [1.29, 1.82) is 0 Å². The van der Waals surface area contributed by atoms with Gasteiger partial charge in [0.15, 0.2) is 6.17 Å². The van der Waals surface area contributed by atoms with Gasteiger partial charge in [-0.15, -0.1) is 0 Å². The van der Waals surface area contributed by atoms with Crippen LogP contribution in [0.1, 0.15) is 5.56 Å². The van der Waals surface area contributed by atoms with Gasteiger partial charge in [0.25, 0.3) is 5.91 Å². The van der Waals surface area contributed by atoms with Gasteiger partial charge in [0.1, 0.15) is 5.17 Å². The Bertz CT molecular complexity index is 571. The first kappa shape index (κ1) is 13.7. The molecule has 1 fully saturated rings. The number of carbonyl (C=O) groups is 1. The quantitative estimate of drug-likeness (QED) is 0.862. The summed E-state index contributed by atoms with van der Waals surface area (Å²) in [5.41, 5.74) is 1.48. The molecule has 1 aromatic rings. The van der Waals surface area contributed by atoms with Crippen molar-refractivity contribution in [2.75, 3.05) is 31.6 Å². The fourth-order valence-electron chi connectivity index (χ4n) is 2.25. The molecule has 1 N–H and O–H groups in total. The van der Waals surface area contributed by atoms with Crippen LogP contribution in [0.3, 0.4) is 0 Å². The molecule has 1 unspecified atom stereocenters. The summed E-state index contributed by atoms with van der Waals surface area (Å²) in [6.07, 6.45) is -0.686. The average molecular weight is 314 g/mol. The van der Waals surface area contributed by atoms with Crippen molar-refractivity contribution in [2.45, 2.75) is 6.17 Å². The molecule has 20 heavy (non-hydrogen) atoms. The molecule has 0 aliphatic carbocycles. The molecular weight excluding hydrogens is 301 g/mol. The number of fused-ring (bicyclic) bond motifs is 1. The topological polar surface area (TPSA) is 53.9 Å². The van der Waals surface area contributed by atoms with E-state index in [1.54, 1.807) is 23.1 Å². The molecule has 1 atom stereocenters. The van der Waals surface area contributed by atoms with E-state index in [0.29, 0.717) is 42.1 Å². The van der Waals surface area contributed by atoms with Crippen LogP contribution in [0.4, 0.5) is 5.69 Å². The van der Waals surface area contributed by atoms with E-state index in [0.717, 1.165) is 5.69 Å². The second kappa shape index (κ2) is 5.60. The van der Waals surface area contributed by atoms with E-state index in [1.165, 1.54) is 0 Å². The molecule has 0 bridgehead atoms. The molecule has 5 nitrogen and oxygen atoms in total. The Morgan fingerprint density at radius 2 is 2.10 bits per heavy atom. The molecule has 3 rings (SSSR count). The lowest BCUT2D eigenvalue weighted by Gasteiger charge is -2.31. The number of nitrogens with zero attached hydrogens (tertiary/aromatic N) is 2. The SMILES string of the molecule is O=C(C1N=C(Cl)c2cc(Cl)ccc2N1)N1CCOCC1. The predicted molar refractivity (Wildman–Crippen MR) is 78.7 cm³/mol. The zero-order chi connectivity index (χ0) is 14.1. The second-order valence-electron chi connectivity index (χ2n) is 4.59. The summed E-state index contributed by atoms with van der Waals surface area (Å²) in [4.78, 5) is 18.3. The number of carbonyl (C=O) groups excluding carboxylic acids is 1. The third-order valence-corrected chi connectivity index (χ3v) is 3.83. The van der Waals surface area contributed by atoms with Gasteiger partial charge in [0.05, 0.1) is 13.2 Å². The minimum Gasteiger partial charge on any atom is -0.378 e. The van der Waals surface area contributed by atoms with Crippen LogP contribution in [-0.2, 0) is 9.53 Å². The van der Waals surface area contributed by atoms with E-state index >= 15 is 0 Å². The van der Waals surface area contributed by atoms with Gasteiger partial charge in [0.2, 0.25) is 0 Å². The standard InChI is InChI=1S/C13H13Cl2N3O2/c14-8-1-2-10-9(7-8)11(15)17-12(16-10)13(19)18-3-5-20-6-4-18/h1-2,7,12,16H,3-6H2. The van der Waals surface area contributed by atoms with Crippen LogP contribution < -0.4 is 5.32 Å². The number of hydrogen-bond acceptors (Lipinski definition) is 4. The van der Waals surface area contributed by atoms with Crippen LogP contribution in [0.25, 0.3) is 0 Å². The number of ether oxygens (including phenoxy) is 1. The highest BCUT2D eigenvalue weighted by molar-refractivity contribution is 6.70. The normalized spacial score (nSPS) is 21.8. The van der Waals surface area contributed by atoms with Gasteiger partial charge in [-0.05, 0) is 18.2 Å². The molecule has 0 spiro atoms. The third kappa shape index (κ3) is 2.61. The van der Waals surface area contributed by atoms with Crippen molar-refractivity contribution < 1.29 is 9.53 Å². The third-order valence-electron chi connectivity index (χ3n) is 3.30. The Hall–Kier alpha value is -1.30. The molecule has 1 aromatic carbocycles. The van der Waals surface area contributed by atoms with Crippen molar-refractivity contribution in [1.82, 2.24) is 4.90 Å². The lowest BCUT2D eigenvalue weighted by molar-refractivity contribution is -0.135. The fraction of sp³-hybridized carbons (Fsp3) is 0.385. The number of halogens is 2. The summed E-state index contributed by atoms with van der Waals surface area (Å²) >= 11 is 12.1. The van der Waals surface area contributed by atoms with Crippen molar-refractivity contribution in [3.63, 3.8) is 0 Å². The highest BCUT2D eigenvalue weighted by atomic mass is 35.5. The van der Waals surface area contributed by atoms with E-state index in [-0.39, 0.29) is 5.91 Å². The van der Waals surface area contributed by atoms with E-state index < -0.39 is 6.17 Å². The first-order chi connectivity index (χ1) is 9.65. The van der Waals surface area contributed by atoms with Gasteiger partial charge < -0.3 is 15.0 Å². The van der Waals surface area contributed by atoms with Gasteiger partial charge in [-0.2, -0.15) is 0 Å². The van der Waals surface area contributed by atoms with E-state index in [9.17, 15) is 4.79 Å². The van der Waals surface area contributed by atoms with E-state index in [2.05, 4.69) is 10.3 Å². The second-order valence-corrected chi connectivity index (χ2v) is 5.39. The van der Waals surface area contributed by atoms with Crippen molar-refractivity contribution >= 4 is 40.0 Å². The Morgan fingerprint density at radius 1 is 1.35 bits per heavy atom. The maximum absolute atomic E-state index is 12.4. The Morgan fingerprint density at radius 3 is 2.85 bits per heavy atom. The fourth-order valence-corrected chi connectivity index (χ4v) is 2.68. The smallest absolute Gasteiger partial charge is 0.267 e. The number of anilines is 1. The summed E-state index contributed by atoms with van der Waals surface area (Å²) in [6.45, 7) is 2.28.